The minimum atomic E-state index is -1.30. The number of hydrogen-bond acceptors (Lipinski definition) is 3. The van der Waals surface area contributed by atoms with E-state index in [1.807, 2.05) is 12.1 Å². The number of rotatable bonds is 4. The first-order chi connectivity index (χ1) is 13.1. The number of carbonyl (C=O) groups is 1. The molecule has 3 rings (SSSR count). The normalized spacial score (nSPS) is 12.9. The Morgan fingerprint density at radius 1 is 1.21 bits per heavy atom. The van der Waals surface area contributed by atoms with E-state index in [2.05, 4.69) is 4.98 Å². The van der Waals surface area contributed by atoms with Crippen LogP contribution >= 0.6 is 11.6 Å². The highest BCUT2D eigenvalue weighted by Gasteiger charge is 2.32. The summed E-state index contributed by atoms with van der Waals surface area (Å²) in [5.74, 6) is -1.70. The van der Waals surface area contributed by atoms with Gasteiger partial charge in [-0.1, -0.05) is 29.8 Å². The number of aliphatic carboxylic acids is 1. The number of ether oxygens (including phenoxy) is 1. The lowest BCUT2D eigenvalue weighted by Gasteiger charge is -2.28. The van der Waals surface area contributed by atoms with Gasteiger partial charge in [-0.2, -0.15) is 0 Å². The molecule has 0 amide bonds. The van der Waals surface area contributed by atoms with Gasteiger partial charge in [0, 0.05) is 32.8 Å². The lowest BCUT2D eigenvalue weighted by atomic mass is 9.90. The molecule has 1 atom stereocenters. The van der Waals surface area contributed by atoms with Gasteiger partial charge in [0.2, 0.25) is 0 Å². The number of nitrogens with zero attached hydrogens (tertiary/aromatic N) is 1. The van der Waals surface area contributed by atoms with E-state index >= 15 is 0 Å². The van der Waals surface area contributed by atoms with E-state index in [0.29, 0.717) is 27.7 Å². The average Bonchev–Trinajstić information content (AvgIpc) is 2.58. The zero-order chi connectivity index (χ0) is 20.6. The van der Waals surface area contributed by atoms with Crippen LogP contribution < -0.4 is 0 Å². The zero-order valence-electron chi connectivity index (χ0n) is 16.1. The number of benzene rings is 2. The van der Waals surface area contributed by atoms with Crippen molar-refractivity contribution in [2.24, 2.45) is 0 Å². The summed E-state index contributed by atoms with van der Waals surface area (Å²) in [6.45, 7) is 7.03. The lowest BCUT2D eigenvalue weighted by Crippen LogP contribution is -2.28. The van der Waals surface area contributed by atoms with Crippen LogP contribution in [0.2, 0.25) is 5.02 Å². The fourth-order valence-corrected chi connectivity index (χ4v) is 3.40. The van der Waals surface area contributed by atoms with Gasteiger partial charge in [-0.25, -0.2) is 9.18 Å². The van der Waals surface area contributed by atoms with Crippen LogP contribution in [0.5, 0.6) is 0 Å². The number of aryl methyl sites for hydroxylation is 1. The maximum atomic E-state index is 14.9. The Balaban J connectivity index is 2.42. The Labute approximate surface area is 167 Å². The first-order valence-electron chi connectivity index (χ1n) is 8.84. The van der Waals surface area contributed by atoms with Crippen molar-refractivity contribution in [3.63, 3.8) is 0 Å². The second-order valence-electron chi connectivity index (χ2n) is 7.58. The van der Waals surface area contributed by atoms with Crippen LogP contribution in [0.15, 0.2) is 42.5 Å². The third-order valence-corrected chi connectivity index (χ3v) is 4.51. The van der Waals surface area contributed by atoms with Crippen molar-refractivity contribution in [3.05, 3.63) is 64.6 Å². The summed E-state index contributed by atoms with van der Waals surface area (Å²) in [5, 5.41) is 10.8. The molecule has 6 heteroatoms. The summed E-state index contributed by atoms with van der Waals surface area (Å²) in [5.41, 5.74) is 1.44. The third kappa shape index (κ3) is 4.01. The van der Waals surface area contributed by atoms with Gasteiger partial charge >= 0.3 is 5.97 Å². The molecule has 2 aromatic carbocycles. The van der Waals surface area contributed by atoms with Crippen molar-refractivity contribution in [2.75, 3.05) is 0 Å². The fraction of sp³-hybridized carbons (Fsp3) is 0.273. The molecule has 28 heavy (non-hydrogen) atoms. The second kappa shape index (κ2) is 7.49. The molecule has 1 heterocycles. The van der Waals surface area contributed by atoms with Gasteiger partial charge in [0.25, 0.3) is 0 Å². The van der Waals surface area contributed by atoms with Crippen LogP contribution in [0.3, 0.4) is 0 Å². The minimum absolute atomic E-state index is 0.254. The average molecular weight is 402 g/mol. The highest BCUT2D eigenvalue weighted by Crippen LogP contribution is 2.40. The van der Waals surface area contributed by atoms with Crippen LogP contribution in [-0.2, 0) is 9.53 Å². The molecule has 0 saturated heterocycles. The molecule has 0 fully saturated rings. The molecule has 0 unspecified atom stereocenters. The minimum Gasteiger partial charge on any atom is -0.479 e. The van der Waals surface area contributed by atoms with Crippen molar-refractivity contribution in [1.29, 1.82) is 0 Å². The molecule has 1 aromatic heterocycles. The maximum Gasteiger partial charge on any atom is 0.337 e. The molecule has 0 aliphatic heterocycles. The van der Waals surface area contributed by atoms with Crippen LogP contribution in [0.4, 0.5) is 4.39 Å². The van der Waals surface area contributed by atoms with Gasteiger partial charge in [-0.3, -0.25) is 4.98 Å². The number of para-hydroxylation sites is 1. The van der Waals surface area contributed by atoms with Crippen molar-refractivity contribution >= 4 is 28.5 Å². The number of fused-ring (bicyclic) bond motifs is 1. The van der Waals surface area contributed by atoms with Gasteiger partial charge in [-0.05, 0) is 52.0 Å². The number of pyridine rings is 1. The van der Waals surface area contributed by atoms with Crippen LogP contribution in [0.1, 0.15) is 38.1 Å². The summed E-state index contributed by atoms with van der Waals surface area (Å²) >= 11 is 5.92. The van der Waals surface area contributed by atoms with E-state index in [1.54, 1.807) is 52.0 Å². The Morgan fingerprint density at radius 2 is 1.89 bits per heavy atom. The quantitative estimate of drug-likeness (QED) is 0.587. The zero-order valence-corrected chi connectivity index (χ0v) is 16.8. The highest BCUT2D eigenvalue weighted by atomic mass is 35.5. The van der Waals surface area contributed by atoms with Gasteiger partial charge in [0.05, 0.1) is 11.1 Å². The first-order valence-corrected chi connectivity index (χ1v) is 9.21. The molecular weight excluding hydrogens is 381 g/mol. The molecule has 0 bridgehead atoms. The molecule has 1 N–H and O–H groups in total. The molecule has 3 aromatic rings. The molecule has 4 nitrogen and oxygen atoms in total. The van der Waals surface area contributed by atoms with E-state index in [1.165, 1.54) is 6.07 Å². The molecule has 0 aliphatic rings. The molecule has 0 radical (unpaired) electrons. The van der Waals surface area contributed by atoms with Crippen LogP contribution in [0, 0.1) is 12.7 Å². The topological polar surface area (TPSA) is 59.4 Å². The monoisotopic (exact) mass is 401 g/mol. The Kier molecular flexibility index (Phi) is 5.41. The van der Waals surface area contributed by atoms with E-state index in [0.717, 1.165) is 0 Å². The summed E-state index contributed by atoms with van der Waals surface area (Å²) < 4.78 is 20.7. The van der Waals surface area contributed by atoms with E-state index in [9.17, 15) is 14.3 Å². The molecular formula is C22H21ClFNO3. The van der Waals surface area contributed by atoms with Gasteiger partial charge in [0.1, 0.15) is 5.82 Å². The molecule has 0 aliphatic carbocycles. The van der Waals surface area contributed by atoms with Crippen LogP contribution in [0.25, 0.3) is 22.0 Å². The predicted molar refractivity (Wildman–Crippen MR) is 108 cm³/mol. The van der Waals surface area contributed by atoms with Crippen LogP contribution in [-0.4, -0.2) is 21.7 Å². The van der Waals surface area contributed by atoms with E-state index in [-0.39, 0.29) is 10.6 Å². The Bertz CT molecular complexity index is 1060. The molecule has 0 spiro atoms. The number of aromatic nitrogens is 1. The van der Waals surface area contributed by atoms with E-state index < -0.39 is 23.5 Å². The number of carboxylic acid groups (broad SMARTS) is 1. The van der Waals surface area contributed by atoms with Crippen molar-refractivity contribution in [3.8, 4) is 11.1 Å². The highest BCUT2D eigenvalue weighted by molar-refractivity contribution is 6.30. The number of carboxylic acids is 1. The predicted octanol–water partition coefficient (Wildman–Crippen LogP) is 5.94. The number of halogens is 2. The SMILES string of the molecule is Cc1nc2ccccc2c(-c2ccc(Cl)cc2F)c1[C@H](OC(C)(C)C)C(=O)O. The van der Waals surface area contributed by atoms with Gasteiger partial charge in [-0.15, -0.1) is 0 Å². The standard InChI is InChI=1S/C22H21ClFNO3/c1-12-18(20(21(26)27)28-22(2,3)4)19(14-10-9-13(23)11-16(14)24)15-7-5-6-8-17(15)25-12/h5-11,20H,1-4H3,(H,26,27)/t20-/m0/s1. The Hall–Kier alpha value is -2.50. The van der Waals surface area contributed by atoms with Gasteiger partial charge < -0.3 is 9.84 Å². The largest absolute Gasteiger partial charge is 0.479 e. The lowest BCUT2D eigenvalue weighted by molar-refractivity contribution is -0.160. The summed E-state index contributed by atoms with van der Waals surface area (Å²) in [7, 11) is 0. The summed E-state index contributed by atoms with van der Waals surface area (Å²) in [6.07, 6.45) is -1.30. The second-order valence-corrected chi connectivity index (χ2v) is 8.01. The summed E-state index contributed by atoms with van der Waals surface area (Å²) in [4.78, 5) is 16.7. The van der Waals surface area contributed by atoms with Crippen molar-refractivity contribution < 1.29 is 19.0 Å². The molecule has 146 valence electrons. The van der Waals surface area contributed by atoms with Crippen molar-refractivity contribution in [2.45, 2.75) is 39.4 Å². The maximum absolute atomic E-state index is 14.9. The van der Waals surface area contributed by atoms with Gasteiger partial charge in [0.15, 0.2) is 6.10 Å². The van der Waals surface area contributed by atoms with Crippen molar-refractivity contribution in [1.82, 2.24) is 4.98 Å². The number of hydrogen-bond donors (Lipinski definition) is 1. The smallest absolute Gasteiger partial charge is 0.337 e. The summed E-state index contributed by atoms with van der Waals surface area (Å²) in [6, 6.07) is 11.6. The third-order valence-electron chi connectivity index (χ3n) is 4.28. The Morgan fingerprint density at radius 3 is 2.50 bits per heavy atom. The fourth-order valence-electron chi connectivity index (χ4n) is 3.24. The van der Waals surface area contributed by atoms with E-state index in [4.69, 9.17) is 16.3 Å². The first kappa shape index (κ1) is 20.2. The molecule has 0 saturated carbocycles.